The SMILES string of the molecule is COCC(=O)N(C)c1ccc2c(Br)nn(C(C)C)c(=O)c2c1. The van der Waals surface area contributed by atoms with Gasteiger partial charge in [-0.05, 0) is 48.0 Å². The van der Waals surface area contributed by atoms with Gasteiger partial charge in [-0.15, -0.1) is 0 Å². The molecular formula is C15H18BrN3O3. The van der Waals surface area contributed by atoms with Crippen LogP contribution in [0, 0.1) is 0 Å². The quantitative estimate of drug-likeness (QED) is 0.831. The maximum atomic E-state index is 12.5. The number of hydrogen-bond acceptors (Lipinski definition) is 4. The Morgan fingerprint density at radius 3 is 2.68 bits per heavy atom. The second kappa shape index (κ2) is 6.58. The Balaban J connectivity index is 2.60. The van der Waals surface area contributed by atoms with Gasteiger partial charge in [-0.25, -0.2) is 4.68 Å². The number of benzene rings is 1. The van der Waals surface area contributed by atoms with Gasteiger partial charge in [0.2, 0.25) is 0 Å². The summed E-state index contributed by atoms with van der Waals surface area (Å²) in [5, 5.41) is 5.50. The number of aromatic nitrogens is 2. The van der Waals surface area contributed by atoms with Gasteiger partial charge in [-0.2, -0.15) is 5.10 Å². The molecule has 0 aliphatic carbocycles. The highest BCUT2D eigenvalue weighted by molar-refractivity contribution is 9.10. The third kappa shape index (κ3) is 3.05. The molecule has 0 unspecified atom stereocenters. The van der Waals surface area contributed by atoms with E-state index in [1.807, 2.05) is 13.8 Å². The summed E-state index contributed by atoms with van der Waals surface area (Å²) in [6.45, 7) is 3.78. The Labute approximate surface area is 136 Å². The Morgan fingerprint density at radius 1 is 1.41 bits per heavy atom. The summed E-state index contributed by atoms with van der Waals surface area (Å²) in [7, 11) is 3.12. The summed E-state index contributed by atoms with van der Waals surface area (Å²) >= 11 is 3.39. The average Bonchev–Trinajstić information content (AvgIpc) is 2.49. The van der Waals surface area contributed by atoms with Crippen LogP contribution in [0.2, 0.25) is 0 Å². The Morgan fingerprint density at radius 2 is 2.09 bits per heavy atom. The highest BCUT2D eigenvalue weighted by Crippen LogP contribution is 2.24. The van der Waals surface area contributed by atoms with Crippen molar-refractivity contribution < 1.29 is 9.53 Å². The number of nitrogens with zero attached hydrogens (tertiary/aromatic N) is 3. The first-order chi connectivity index (χ1) is 10.4. The minimum atomic E-state index is -0.181. The molecule has 118 valence electrons. The zero-order chi connectivity index (χ0) is 16.4. The standard InChI is InChI=1S/C15H18BrN3O3/c1-9(2)19-15(21)12-7-10(18(3)13(20)8-22-4)5-6-11(12)14(16)17-19/h5-7,9H,8H2,1-4H3. The number of methoxy groups -OCH3 is 1. The summed E-state index contributed by atoms with van der Waals surface area (Å²) < 4.78 is 6.88. The highest BCUT2D eigenvalue weighted by atomic mass is 79.9. The van der Waals surface area contributed by atoms with Gasteiger partial charge in [-0.1, -0.05) is 0 Å². The van der Waals surface area contributed by atoms with Crippen molar-refractivity contribution in [2.45, 2.75) is 19.9 Å². The summed E-state index contributed by atoms with van der Waals surface area (Å²) in [6, 6.07) is 5.22. The van der Waals surface area contributed by atoms with E-state index in [0.717, 1.165) is 5.39 Å². The molecular weight excluding hydrogens is 350 g/mol. The Kier molecular flexibility index (Phi) is 4.97. The lowest BCUT2D eigenvalue weighted by Crippen LogP contribution is -2.30. The number of likely N-dealkylation sites (N-methyl/N-ethyl adjacent to an activating group) is 1. The predicted octanol–water partition coefficient (Wildman–Crippen LogP) is 2.35. The Bertz CT molecular complexity index is 770. The first-order valence-electron chi connectivity index (χ1n) is 6.84. The molecule has 0 N–H and O–H groups in total. The summed E-state index contributed by atoms with van der Waals surface area (Å²) in [5.74, 6) is -0.181. The molecule has 1 aromatic heterocycles. The molecule has 0 radical (unpaired) electrons. The highest BCUT2D eigenvalue weighted by Gasteiger charge is 2.15. The fraction of sp³-hybridized carbons (Fsp3) is 0.400. The molecule has 0 aliphatic rings. The van der Waals surface area contributed by atoms with E-state index in [1.54, 1.807) is 25.2 Å². The molecule has 0 aliphatic heterocycles. The van der Waals surface area contributed by atoms with Crippen molar-refractivity contribution in [1.82, 2.24) is 9.78 Å². The summed E-state index contributed by atoms with van der Waals surface area (Å²) in [5.41, 5.74) is 0.461. The maximum absolute atomic E-state index is 12.5. The van der Waals surface area contributed by atoms with Gasteiger partial charge in [0.25, 0.3) is 11.5 Å². The number of carbonyl (C=O) groups is 1. The van der Waals surface area contributed by atoms with Crippen LogP contribution < -0.4 is 10.5 Å². The van der Waals surface area contributed by atoms with Crippen molar-refractivity contribution in [3.05, 3.63) is 33.2 Å². The largest absolute Gasteiger partial charge is 0.375 e. The molecule has 0 saturated carbocycles. The van der Waals surface area contributed by atoms with Gasteiger partial charge >= 0.3 is 0 Å². The van der Waals surface area contributed by atoms with E-state index in [2.05, 4.69) is 21.0 Å². The molecule has 0 spiro atoms. The van der Waals surface area contributed by atoms with Crippen molar-refractivity contribution >= 4 is 38.3 Å². The fourth-order valence-electron chi connectivity index (χ4n) is 2.13. The predicted molar refractivity (Wildman–Crippen MR) is 89.4 cm³/mol. The van der Waals surface area contributed by atoms with Crippen LogP contribution in [-0.4, -0.2) is 36.5 Å². The van der Waals surface area contributed by atoms with Gasteiger partial charge in [0.1, 0.15) is 11.2 Å². The third-order valence-electron chi connectivity index (χ3n) is 3.38. The van der Waals surface area contributed by atoms with Crippen LogP contribution in [0.1, 0.15) is 19.9 Å². The van der Waals surface area contributed by atoms with E-state index in [4.69, 9.17) is 4.74 Å². The molecule has 2 rings (SSSR count). The van der Waals surface area contributed by atoms with Crippen LogP contribution in [0.4, 0.5) is 5.69 Å². The van der Waals surface area contributed by atoms with E-state index in [-0.39, 0.29) is 24.1 Å². The number of halogens is 1. The lowest BCUT2D eigenvalue weighted by molar-refractivity contribution is -0.121. The van der Waals surface area contributed by atoms with Crippen LogP contribution in [0.15, 0.2) is 27.6 Å². The Hall–Kier alpha value is -1.73. The molecule has 7 heteroatoms. The van der Waals surface area contributed by atoms with Crippen LogP contribution in [0.5, 0.6) is 0 Å². The first-order valence-corrected chi connectivity index (χ1v) is 7.63. The van der Waals surface area contributed by atoms with Crippen molar-refractivity contribution in [3.63, 3.8) is 0 Å². The molecule has 2 aromatic rings. The lowest BCUT2D eigenvalue weighted by atomic mass is 10.1. The number of anilines is 1. The molecule has 0 atom stereocenters. The summed E-state index contributed by atoms with van der Waals surface area (Å²) in [4.78, 5) is 25.9. The molecule has 6 nitrogen and oxygen atoms in total. The van der Waals surface area contributed by atoms with Crippen molar-refractivity contribution in [3.8, 4) is 0 Å². The molecule has 0 bridgehead atoms. The molecule has 1 heterocycles. The van der Waals surface area contributed by atoms with Crippen molar-refractivity contribution in [2.75, 3.05) is 25.7 Å². The monoisotopic (exact) mass is 367 g/mol. The van der Waals surface area contributed by atoms with Crippen molar-refractivity contribution in [2.24, 2.45) is 0 Å². The van der Waals surface area contributed by atoms with Gasteiger partial charge in [0.15, 0.2) is 0 Å². The second-order valence-corrected chi connectivity index (χ2v) is 6.00. The smallest absolute Gasteiger partial charge is 0.275 e. The average molecular weight is 368 g/mol. The zero-order valence-electron chi connectivity index (χ0n) is 13.0. The molecule has 0 saturated heterocycles. The topological polar surface area (TPSA) is 64.4 Å². The van der Waals surface area contributed by atoms with E-state index >= 15 is 0 Å². The molecule has 1 aromatic carbocycles. The number of hydrogen-bond donors (Lipinski definition) is 0. The van der Waals surface area contributed by atoms with Gasteiger partial charge in [-0.3, -0.25) is 9.59 Å². The normalized spacial score (nSPS) is 11.2. The molecule has 22 heavy (non-hydrogen) atoms. The number of carbonyl (C=O) groups excluding carboxylic acids is 1. The zero-order valence-corrected chi connectivity index (χ0v) is 14.5. The number of ether oxygens (including phenoxy) is 1. The van der Waals surface area contributed by atoms with E-state index < -0.39 is 0 Å². The molecule has 1 amide bonds. The maximum Gasteiger partial charge on any atom is 0.275 e. The summed E-state index contributed by atoms with van der Waals surface area (Å²) in [6.07, 6.45) is 0. The van der Waals surface area contributed by atoms with E-state index in [9.17, 15) is 9.59 Å². The van der Waals surface area contributed by atoms with Gasteiger partial charge in [0.05, 0.1) is 11.4 Å². The van der Waals surface area contributed by atoms with Gasteiger partial charge in [0, 0.05) is 25.2 Å². The minimum Gasteiger partial charge on any atom is -0.375 e. The lowest BCUT2D eigenvalue weighted by Gasteiger charge is -2.18. The van der Waals surface area contributed by atoms with Crippen molar-refractivity contribution in [1.29, 1.82) is 0 Å². The van der Waals surface area contributed by atoms with E-state index in [0.29, 0.717) is 15.7 Å². The van der Waals surface area contributed by atoms with E-state index in [1.165, 1.54) is 16.7 Å². The van der Waals surface area contributed by atoms with Crippen LogP contribution in [-0.2, 0) is 9.53 Å². The van der Waals surface area contributed by atoms with Crippen LogP contribution >= 0.6 is 15.9 Å². The second-order valence-electron chi connectivity index (χ2n) is 5.25. The van der Waals surface area contributed by atoms with Crippen LogP contribution in [0.3, 0.4) is 0 Å². The minimum absolute atomic E-state index is 0.00912. The number of fused-ring (bicyclic) bond motifs is 1. The fourth-order valence-corrected chi connectivity index (χ4v) is 2.65. The number of rotatable bonds is 4. The third-order valence-corrected chi connectivity index (χ3v) is 3.96. The van der Waals surface area contributed by atoms with Crippen LogP contribution in [0.25, 0.3) is 10.8 Å². The molecule has 0 fully saturated rings. The first kappa shape index (κ1) is 16.6. The number of amides is 1. The van der Waals surface area contributed by atoms with Gasteiger partial charge < -0.3 is 9.64 Å².